The van der Waals surface area contributed by atoms with Crippen molar-refractivity contribution in [2.75, 3.05) is 45.3 Å². The first-order valence-corrected chi connectivity index (χ1v) is 9.61. The third-order valence-corrected chi connectivity index (χ3v) is 5.60. The number of methoxy groups -OCH3 is 1. The standard InChI is InChI=1S/C19H22N4O2S/c1-24-15-4-2-14(3-5-15)17(23-7-9-25-10-8-23)12-20-19-18-16(6-11-26-18)21-13-22-19/h2-6,11,13,17H,7-10,12H2,1H3,(H,20,21,22). The molecule has 1 aromatic carbocycles. The Balaban J connectivity index is 1.56. The van der Waals surface area contributed by atoms with Crippen molar-refractivity contribution in [3.63, 3.8) is 0 Å². The highest BCUT2D eigenvalue weighted by molar-refractivity contribution is 7.17. The number of benzene rings is 1. The topological polar surface area (TPSA) is 59.5 Å². The second-order valence-electron chi connectivity index (χ2n) is 6.18. The van der Waals surface area contributed by atoms with Gasteiger partial charge >= 0.3 is 0 Å². The van der Waals surface area contributed by atoms with E-state index in [0.717, 1.165) is 54.6 Å². The smallest absolute Gasteiger partial charge is 0.147 e. The van der Waals surface area contributed by atoms with Crippen molar-refractivity contribution in [3.05, 3.63) is 47.6 Å². The Labute approximate surface area is 156 Å². The lowest BCUT2D eigenvalue weighted by atomic mass is 10.0. The predicted octanol–water partition coefficient (Wildman–Crippen LogP) is 3.19. The highest BCUT2D eigenvalue weighted by atomic mass is 32.1. The second-order valence-corrected chi connectivity index (χ2v) is 7.09. The molecule has 6 nitrogen and oxygen atoms in total. The van der Waals surface area contributed by atoms with Gasteiger partial charge in [0.1, 0.15) is 17.9 Å². The number of hydrogen-bond acceptors (Lipinski definition) is 7. The van der Waals surface area contributed by atoms with Crippen LogP contribution < -0.4 is 10.1 Å². The number of thiophene rings is 1. The number of rotatable bonds is 6. The van der Waals surface area contributed by atoms with E-state index in [1.807, 2.05) is 23.6 Å². The highest BCUT2D eigenvalue weighted by Gasteiger charge is 2.23. The van der Waals surface area contributed by atoms with Crippen LogP contribution in [0.4, 0.5) is 5.82 Å². The quantitative estimate of drug-likeness (QED) is 0.719. The third kappa shape index (κ3) is 3.65. The molecule has 0 aliphatic carbocycles. The van der Waals surface area contributed by atoms with Crippen molar-refractivity contribution in [2.45, 2.75) is 6.04 Å². The van der Waals surface area contributed by atoms with Gasteiger partial charge in [0.2, 0.25) is 0 Å². The lowest BCUT2D eigenvalue weighted by Crippen LogP contribution is -2.41. The molecule has 1 fully saturated rings. The minimum atomic E-state index is 0.245. The number of nitrogens with one attached hydrogen (secondary N) is 1. The summed E-state index contributed by atoms with van der Waals surface area (Å²) in [4.78, 5) is 11.2. The molecule has 136 valence electrons. The molecule has 3 aromatic rings. The highest BCUT2D eigenvalue weighted by Crippen LogP contribution is 2.28. The van der Waals surface area contributed by atoms with Gasteiger partial charge in [-0.1, -0.05) is 12.1 Å². The first-order chi connectivity index (χ1) is 12.8. The van der Waals surface area contributed by atoms with Crippen molar-refractivity contribution >= 4 is 27.4 Å². The van der Waals surface area contributed by atoms with Crippen LogP contribution >= 0.6 is 11.3 Å². The Morgan fingerprint density at radius 2 is 2.00 bits per heavy atom. The SMILES string of the molecule is COc1ccc(C(CNc2ncnc3ccsc23)N2CCOCC2)cc1. The van der Waals surface area contributed by atoms with E-state index in [2.05, 4.69) is 32.3 Å². The van der Waals surface area contributed by atoms with Gasteiger partial charge in [-0.25, -0.2) is 9.97 Å². The molecule has 0 radical (unpaired) electrons. The zero-order valence-electron chi connectivity index (χ0n) is 14.7. The molecule has 3 heterocycles. The predicted molar refractivity (Wildman–Crippen MR) is 104 cm³/mol. The largest absolute Gasteiger partial charge is 0.497 e. The summed E-state index contributed by atoms with van der Waals surface area (Å²) < 4.78 is 11.9. The first kappa shape index (κ1) is 17.2. The maximum absolute atomic E-state index is 5.53. The number of fused-ring (bicyclic) bond motifs is 1. The van der Waals surface area contributed by atoms with Gasteiger partial charge in [-0.15, -0.1) is 11.3 Å². The Morgan fingerprint density at radius 3 is 2.77 bits per heavy atom. The monoisotopic (exact) mass is 370 g/mol. The molecular weight excluding hydrogens is 348 g/mol. The van der Waals surface area contributed by atoms with Crippen molar-refractivity contribution in [3.8, 4) is 5.75 Å². The fraction of sp³-hybridized carbons (Fsp3) is 0.368. The van der Waals surface area contributed by atoms with Gasteiger partial charge in [0.05, 0.1) is 36.6 Å². The van der Waals surface area contributed by atoms with E-state index in [1.54, 1.807) is 24.8 Å². The number of morpholine rings is 1. The zero-order chi connectivity index (χ0) is 17.8. The van der Waals surface area contributed by atoms with Crippen LogP contribution in [-0.2, 0) is 4.74 Å². The average molecular weight is 370 g/mol. The molecule has 2 aromatic heterocycles. The molecule has 1 atom stereocenters. The number of anilines is 1. The second kappa shape index (κ2) is 7.99. The fourth-order valence-electron chi connectivity index (χ4n) is 3.28. The summed E-state index contributed by atoms with van der Waals surface area (Å²) in [6.45, 7) is 4.17. The fourth-order valence-corrected chi connectivity index (χ4v) is 4.09. The molecule has 1 saturated heterocycles. The van der Waals surface area contributed by atoms with E-state index in [9.17, 15) is 0 Å². The molecule has 4 rings (SSSR count). The number of aromatic nitrogens is 2. The van der Waals surface area contributed by atoms with Crippen LogP contribution in [-0.4, -0.2) is 54.8 Å². The van der Waals surface area contributed by atoms with Crippen LogP contribution in [0.3, 0.4) is 0 Å². The lowest BCUT2D eigenvalue weighted by molar-refractivity contribution is 0.0187. The van der Waals surface area contributed by atoms with E-state index in [1.165, 1.54) is 5.56 Å². The molecule has 1 unspecified atom stereocenters. The van der Waals surface area contributed by atoms with Crippen molar-refractivity contribution < 1.29 is 9.47 Å². The molecule has 1 aliphatic rings. The molecule has 1 aliphatic heterocycles. The molecular formula is C19H22N4O2S. The minimum Gasteiger partial charge on any atom is -0.497 e. The summed E-state index contributed by atoms with van der Waals surface area (Å²) in [5, 5.41) is 5.59. The molecule has 7 heteroatoms. The number of ether oxygens (including phenoxy) is 2. The van der Waals surface area contributed by atoms with Crippen LogP contribution in [0.5, 0.6) is 5.75 Å². The van der Waals surface area contributed by atoms with Crippen LogP contribution in [0.2, 0.25) is 0 Å². The van der Waals surface area contributed by atoms with Crippen LogP contribution in [0.1, 0.15) is 11.6 Å². The van der Waals surface area contributed by atoms with Gasteiger partial charge < -0.3 is 14.8 Å². The Morgan fingerprint density at radius 1 is 1.19 bits per heavy atom. The van der Waals surface area contributed by atoms with Gasteiger partial charge in [-0.05, 0) is 29.1 Å². The maximum Gasteiger partial charge on any atom is 0.147 e. The maximum atomic E-state index is 5.53. The molecule has 0 saturated carbocycles. The van der Waals surface area contributed by atoms with E-state index in [-0.39, 0.29) is 6.04 Å². The average Bonchev–Trinajstić information content (AvgIpc) is 3.19. The van der Waals surface area contributed by atoms with Gasteiger partial charge in [-0.3, -0.25) is 4.90 Å². The normalized spacial score (nSPS) is 16.5. The van der Waals surface area contributed by atoms with Gasteiger partial charge in [0.15, 0.2) is 0 Å². The van der Waals surface area contributed by atoms with Gasteiger partial charge in [-0.2, -0.15) is 0 Å². The summed E-state index contributed by atoms with van der Waals surface area (Å²) in [5.41, 5.74) is 2.25. The number of nitrogens with zero attached hydrogens (tertiary/aromatic N) is 3. The molecule has 26 heavy (non-hydrogen) atoms. The summed E-state index contributed by atoms with van der Waals surface area (Å²) >= 11 is 1.66. The lowest BCUT2D eigenvalue weighted by Gasteiger charge is -2.35. The van der Waals surface area contributed by atoms with E-state index < -0.39 is 0 Å². The van der Waals surface area contributed by atoms with Crippen molar-refractivity contribution in [1.82, 2.24) is 14.9 Å². The number of hydrogen-bond donors (Lipinski definition) is 1. The molecule has 1 N–H and O–H groups in total. The first-order valence-electron chi connectivity index (χ1n) is 8.73. The van der Waals surface area contributed by atoms with Crippen LogP contribution in [0.15, 0.2) is 42.0 Å². The van der Waals surface area contributed by atoms with Crippen molar-refractivity contribution in [1.29, 1.82) is 0 Å². The summed E-state index contributed by atoms with van der Waals surface area (Å²) in [6, 6.07) is 10.6. The Kier molecular flexibility index (Phi) is 5.29. The molecule has 0 amide bonds. The van der Waals surface area contributed by atoms with E-state index in [4.69, 9.17) is 9.47 Å². The zero-order valence-corrected chi connectivity index (χ0v) is 15.5. The Bertz CT molecular complexity index is 846. The third-order valence-electron chi connectivity index (χ3n) is 4.69. The summed E-state index contributed by atoms with van der Waals surface area (Å²) in [6.07, 6.45) is 1.62. The van der Waals surface area contributed by atoms with Crippen molar-refractivity contribution in [2.24, 2.45) is 0 Å². The molecule has 0 spiro atoms. The summed E-state index contributed by atoms with van der Waals surface area (Å²) in [7, 11) is 1.69. The Hall–Kier alpha value is -2.22. The summed E-state index contributed by atoms with van der Waals surface area (Å²) in [5.74, 6) is 1.77. The van der Waals surface area contributed by atoms with E-state index >= 15 is 0 Å². The van der Waals surface area contributed by atoms with E-state index in [0.29, 0.717) is 0 Å². The van der Waals surface area contributed by atoms with Gasteiger partial charge in [0.25, 0.3) is 0 Å². The minimum absolute atomic E-state index is 0.245. The van der Waals surface area contributed by atoms with Crippen LogP contribution in [0, 0.1) is 0 Å². The molecule has 0 bridgehead atoms. The van der Waals surface area contributed by atoms with Crippen LogP contribution in [0.25, 0.3) is 10.2 Å². The van der Waals surface area contributed by atoms with Gasteiger partial charge in [0, 0.05) is 19.6 Å².